The van der Waals surface area contributed by atoms with Crippen LogP contribution < -0.4 is 15.8 Å². The van der Waals surface area contributed by atoms with Crippen molar-refractivity contribution < 1.29 is 19.4 Å². The minimum atomic E-state index is -0.982. The highest BCUT2D eigenvalue weighted by molar-refractivity contribution is 6.31. The number of hydrogen-bond donors (Lipinski definition) is 3. The van der Waals surface area contributed by atoms with Crippen LogP contribution in [0.4, 0.5) is 0 Å². The molecule has 0 aliphatic carbocycles. The van der Waals surface area contributed by atoms with Crippen LogP contribution in [-0.4, -0.2) is 47.6 Å². The predicted molar refractivity (Wildman–Crippen MR) is 180 cm³/mol. The highest BCUT2D eigenvalue weighted by Gasteiger charge is 2.31. The molecule has 0 unspecified atom stereocenters. The molecule has 4 aromatic carbocycles. The third kappa shape index (κ3) is 8.94. The van der Waals surface area contributed by atoms with Crippen LogP contribution in [0.25, 0.3) is 0 Å². The van der Waals surface area contributed by atoms with Gasteiger partial charge < -0.3 is 25.8 Å². The summed E-state index contributed by atoms with van der Waals surface area (Å²) in [7, 11) is 0. The SMILES string of the molecule is CCCN(CCC)C(=O)c1cccc(C(N)=O)c1[C@H](Cc1ccccc1)[C@@H](O)CNCc1c(Cl)cccc1Oc1ccccc1. The Kier molecular flexibility index (Phi) is 12.6. The van der Waals surface area contributed by atoms with Gasteiger partial charge in [0.25, 0.3) is 5.91 Å². The lowest BCUT2D eigenvalue weighted by Gasteiger charge is -2.30. The number of carbonyl (C=O) groups excluding carboxylic acids is 2. The monoisotopic (exact) mass is 627 g/mol. The molecule has 236 valence electrons. The van der Waals surface area contributed by atoms with E-state index in [0.29, 0.717) is 53.7 Å². The minimum Gasteiger partial charge on any atom is -0.457 e. The largest absolute Gasteiger partial charge is 0.457 e. The van der Waals surface area contributed by atoms with Gasteiger partial charge in [0.15, 0.2) is 0 Å². The van der Waals surface area contributed by atoms with Gasteiger partial charge in [-0.15, -0.1) is 0 Å². The van der Waals surface area contributed by atoms with Gasteiger partial charge in [0.2, 0.25) is 5.91 Å². The summed E-state index contributed by atoms with van der Waals surface area (Å²) in [5.74, 6) is -0.137. The van der Waals surface area contributed by atoms with E-state index in [9.17, 15) is 14.7 Å². The molecule has 2 amide bonds. The van der Waals surface area contributed by atoms with Gasteiger partial charge in [-0.3, -0.25) is 9.59 Å². The molecule has 0 radical (unpaired) electrons. The van der Waals surface area contributed by atoms with Gasteiger partial charge >= 0.3 is 0 Å². The summed E-state index contributed by atoms with van der Waals surface area (Å²) in [5.41, 5.74) is 8.69. The molecule has 4 N–H and O–H groups in total. The Morgan fingerprint density at radius 1 is 0.867 bits per heavy atom. The Labute approximate surface area is 271 Å². The number of nitrogens with zero attached hydrogens (tertiary/aromatic N) is 1. The summed E-state index contributed by atoms with van der Waals surface area (Å²) < 4.78 is 6.11. The van der Waals surface area contributed by atoms with Crippen LogP contribution in [-0.2, 0) is 13.0 Å². The fourth-order valence-corrected chi connectivity index (χ4v) is 5.83. The summed E-state index contributed by atoms with van der Waals surface area (Å²) in [6.45, 7) is 5.71. The number of nitrogens with one attached hydrogen (secondary N) is 1. The number of carbonyl (C=O) groups is 2. The van der Waals surface area contributed by atoms with Crippen LogP contribution in [0.1, 0.15) is 70.0 Å². The Bertz CT molecular complexity index is 1540. The van der Waals surface area contributed by atoms with E-state index < -0.39 is 17.9 Å². The van der Waals surface area contributed by atoms with E-state index in [1.165, 1.54) is 0 Å². The molecule has 0 saturated heterocycles. The molecular formula is C37H42ClN3O4. The van der Waals surface area contributed by atoms with Crippen LogP contribution in [0.3, 0.4) is 0 Å². The average Bonchev–Trinajstić information content (AvgIpc) is 3.05. The molecule has 7 nitrogen and oxygen atoms in total. The van der Waals surface area contributed by atoms with Crippen molar-refractivity contribution in [2.45, 2.75) is 51.7 Å². The molecule has 0 spiro atoms. The first-order valence-corrected chi connectivity index (χ1v) is 15.9. The second-order valence-corrected chi connectivity index (χ2v) is 11.5. The van der Waals surface area contributed by atoms with Crippen molar-refractivity contribution in [3.05, 3.63) is 130 Å². The smallest absolute Gasteiger partial charge is 0.254 e. The van der Waals surface area contributed by atoms with Gasteiger partial charge in [0.05, 0.1) is 6.10 Å². The second kappa shape index (κ2) is 16.8. The second-order valence-electron chi connectivity index (χ2n) is 11.0. The van der Waals surface area contributed by atoms with Crippen molar-refractivity contribution in [2.24, 2.45) is 5.73 Å². The highest BCUT2D eigenvalue weighted by atomic mass is 35.5. The normalized spacial score (nSPS) is 12.4. The van der Waals surface area contributed by atoms with Crippen molar-refractivity contribution >= 4 is 23.4 Å². The minimum absolute atomic E-state index is 0.155. The molecule has 0 aromatic heterocycles. The van der Waals surface area contributed by atoms with Crippen molar-refractivity contribution in [1.29, 1.82) is 0 Å². The number of halogens is 1. The third-order valence-electron chi connectivity index (χ3n) is 7.71. The lowest BCUT2D eigenvalue weighted by molar-refractivity contribution is 0.0751. The molecule has 0 saturated carbocycles. The van der Waals surface area contributed by atoms with Crippen LogP contribution in [0.15, 0.2) is 97.1 Å². The van der Waals surface area contributed by atoms with E-state index in [1.807, 2.05) is 86.6 Å². The third-order valence-corrected chi connectivity index (χ3v) is 8.07. The standard InChI is InChI=1S/C37H42ClN3O4/c1-3-21-41(22-4-2)37(44)29-18-11-17-28(36(39)43)35(29)30(23-26-13-7-5-8-14-26)33(42)25-40-24-31-32(38)19-12-20-34(31)45-27-15-9-6-10-16-27/h5-20,30,33,40,42H,3-4,21-25H2,1-2H3,(H2,39,43)/t30-,33+/m1/s1. The van der Waals surface area contributed by atoms with E-state index >= 15 is 0 Å². The Morgan fingerprint density at radius 2 is 1.49 bits per heavy atom. The Balaban J connectivity index is 1.66. The number of benzene rings is 4. The maximum atomic E-state index is 14.0. The Hall–Kier alpha value is -4.17. The van der Waals surface area contributed by atoms with Crippen LogP contribution in [0, 0.1) is 0 Å². The number of aliphatic hydroxyl groups is 1. The first-order chi connectivity index (χ1) is 21.8. The summed E-state index contributed by atoms with van der Waals surface area (Å²) in [6.07, 6.45) is 1.01. The summed E-state index contributed by atoms with van der Waals surface area (Å²) in [4.78, 5) is 28.6. The van der Waals surface area contributed by atoms with E-state index in [4.69, 9.17) is 22.1 Å². The fraction of sp³-hybridized carbons (Fsp3) is 0.297. The van der Waals surface area contributed by atoms with Crippen LogP contribution in [0.5, 0.6) is 11.5 Å². The average molecular weight is 628 g/mol. The quantitative estimate of drug-likeness (QED) is 0.124. The number of nitrogens with two attached hydrogens (primary N) is 1. The molecule has 4 rings (SSSR count). The molecule has 0 bridgehead atoms. The highest BCUT2D eigenvalue weighted by Crippen LogP contribution is 2.33. The number of ether oxygens (including phenoxy) is 1. The van der Waals surface area contributed by atoms with Gasteiger partial charge in [-0.2, -0.15) is 0 Å². The first-order valence-electron chi connectivity index (χ1n) is 15.5. The molecule has 0 aliphatic rings. The number of amides is 2. The number of rotatable bonds is 16. The van der Waals surface area contributed by atoms with Crippen LogP contribution in [0.2, 0.25) is 5.02 Å². The van der Waals surface area contributed by atoms with E-state index in [1.54, 1.807) is 29.2 Å². The van der Waals surface area contributed by atoms with Crippen molar-refractivity contribution in [1.82, 2.24) is 10.2 Å². The maximum Gasteiger partial charge on any atom is 0.254 e. The lowest BCUT2D eigenvalue weighted by Crippen LogP contribution is -2.37. The van der Waals surface area contributed by atoms with Crippen LogP contribution >= 0.6 is 11.6 Å². The van der Waals surface area contributed by atoms with Gasteiger partial charge in [-0.1, -0.05) is 86.1 Å². The number of primary amides is 1. The van der Waals surface area contributed by atoms with Crippen molar-refractivity contribution in [3.8, 4) is 11.5 Å². The summed E-state index contributed by atoms with van der Waals surface area (Å²) in [6, 6.07) is 29.7. The van der Waals surface area contributed by atoms with E-state index in [0.717, 1.165) is 24.0 Å². The number of aliphatic hydroxyl groups excluding tert-OH is 1. The molecule has 8 heteroatoms. The summed E-state index contributed by atoms with van der Waals surface area (Å²) in [5, 5.41) is 15.7. The molecule has 0 aliphatic heterocycles. The first kappa shape index (κ1) is 33.7. The fourth-order valence-electron chi connectivity index (χ4n) is 5.60. The Morgan fingerprint density at radius 3 is 2.13 bits per heavy atom. The van der Waals surface area contributed by atoms with E-state index in [2.05, 4.69) is 5.32 Å². The zero-order chi connectivity index (χ0) is 32.2. The molecular weight excluding hydrogens is 586 g/mol. The molecule has 4 aromatic rings. The maximum absolute atomic E-state index is 14.0. The van der Waals surface area contributed by atoms with Gasteiger partial charge in [0.1, 0.15) is 11.5 Å². The zero-order valence-corrected chi connectivity index (χ0v) is 26.7. The topological polar surface area (TPSA) is 105 Å². The van der Waals surface area contributed by atoms with Gasteiger partial charge in [0, 0.05) is 53.8 Å². The lowest BCUT2D eigenvalue weighted by atomic mass is 9.81. The predicted octanol–water partition coefficient (Wildman–Crippen LogP) is 6.97. The zero-order valence-electron chi connectivity index (χ0n) is 25.9. The molecule has 45 heavy (non-hydrogen) atoms. The summed E-state index contributed by atoms with van der Waals surface area (Å²) >= 11 is 6.59. The van der Waals surface area contributed by atoms with Gasteiger partial charge in [-0.25, -0.2) is 0 Å². The number of para-hydroxylation sites is 1. The van der Waals surface area contributed by atoms with Crippen molar-refractivity contribution in [3.63, 3.8) is 0 Å². The van der Waals surface area contributed by atoms with Gasteiger partial charge in [-0.05, 0) is 66.8 Å². The van der Waals surface area contributed by atoms with E-state index in [-0.39, 0.29) is 18.0 Å². The number of hydrogen-bond acceptors (Lipinski definition) is 5. The molecule has 0 heterocycles. The molecule has 0 fully saturated rings. The molecule has 2 atom stereocenters. The van der Waals surface area contributed by atoms with Crippen molar-refractivity contribution in [2.75, 3.05) is 19.6 Å².